The van der Waals surface area contributed by atoms with Crippen molar-refractivity contribution in [1.29, 1.82) is 0 Å². The van der Waals surface area contributed by atoms with Crippen molar-refractivity contribution < 1.29 is 23.5 Å². The standard InChI is InChI=1S/C20H21N3O5S/c1-11-9-16(12(2)23(11)10-14-5-4-7-27-14)20(26)28-13(3)18(25)22-19-15(17(21)24)6-8-29-19/h4-9,13H,10H2,1-3H3,(H2,21,24)(H,22,25)/t13-/m0/s1. The molecule has 3 heterocycles. The number of anilines is 1. The Morgan fingerprint density at radius 2 is 2.03 bits per heavy atom. The number of carbonyl (C=O) groups is 3. The van der Waals surface area contributed by atoms with Gasteiger partial charge in [-0.1, -0.05) is 0 Å². The van der Waals surface area contributed by atoms with Crippen molar-refractivity contribution in [2.24, 2.45) is 5.73 Å². The summed E-state index contributed by atoms with van der Waals surface area (Å²) in [6.45, 7) is 5.64. The van der Waals surface area contributed by atoms with Crippen LogP contribution in [0.25, 0.3) is 0 Å². The van der Waals surface area contributed by atoms with E-state index in [-0.39, 0.29) is 5.56 Å². The number of nitrogens with one attached hydrogen (secondary N) is 1. The van der Waals surface area contributed by atoms with E-state index in [1.54, 1.807) is 23.8 Å². The molecule has 3 aromatic rings. The number of primary amides is 1. The predicted octanol–water partition coefficient (Wildman–Crippen LogP) is 3.09. The van der Waals surface area contributed by atoms with Crippen molar-refractivity contribution >= 4 is 34.1 Å². The monoisotopic (exact) mass is 415 g/mol. The largest absolute Gasteiger partial charge is 0.467 e. The lowest BCUT2D eigenvalue weighted by Gasteiger charge is -2.13. The molecule has 152 valence electrons. The first-order chi connectivity index (χ1) is 13.8. The highest BCUT2D eigenvalue weighted by molar-refractivity contribution is 7.14. The maximum absolute atomic E-state index is 12.6. The molecule has 0 radical (unpaired) electrons. The second-order valence-corrected chi connectivity index (χ2v) is 7.43. The first-order valence-electron chi connectivity index (χ1n) is 8.86. The minimum Gasteiger partial charge on any atom is -0.467 e. The molecule has 3 N–H and O–H groups in total. The van der Waals surface area contributed by atoms with Crippen molar-refractivity contribution in [1.82, 2.24) is 4.57 Å². The minimum atomic E-state index is -1.06. The SMILES string of the molecule is Cc1cc(C(=O)O[C@@H](C)C(=O)Nc2sccc2C(N)=O)c(C)n1Cc1ccco1. The average molecular weight is 415 g/mol. The zero-order valence-electron chi connectivity index (χ0n) is 16.2. The number of ether oxygens (including phenoxy) is 1. The Hall–Kier alpha value is -3.33. The van der Waals surface area contributed by atoms with Gasteiger partial charge in [0.1, 0.15) is 10.8 Å². The van der Waals surface area contributed by atoms with Crippen LogP contribution in [0.2, 0.25) is 0 Å². The van der Waals surface area contributed by atoms with Crippen LogP contribution in [0.3, 0.4) is 0 Å². The van der Waals surface area contributed by atoms with Gasteiger partial charge in [-0.15, -0.1) is 11.3 Å². The molecular formula is C20H21N3O5S. The summed E-state index contributed by atoms with van der Waals surface area (Å²) in [4.78, 5) is 36.4. The molecule has 0 unspecified atom stereocenters. The Bertz CT molecular complexity index is 1050. The van der Waals surface area contributed by atoms with Gasteiger partial charge in [0.05, 0.1) is 23.9 Å². The fourth-order valence-electron chi connectivity index (χ4n) is 2.90. The molecular weight excluding hydrogens is 394 g/mol. The Labute approximate surface area is 171 Å². The third-order valence-corrected chi connectivity index (χ3v) is 5.34. The molecule has 0 bridgehead atoms. The van der Waals surface area contributed by atoms with Crippen LogP contribution in [0, 0.1) is 13.8 Å². The number of nitrogens with zero attached hydrogens (tertiary/aromatic N) is 1. The number of aromatic nitrogens is 1. The van der Waals surface area contributed by atoms with Gasteiger partial charge in [-0.05, 0) is 50.4 Å². The summed E-state index contributed by atoms with van der Waals surface area (Å²) in [5, 5.41) is 4.53. The normalized spacial score (nSPS) is 11.8. The van der Waals surface area contributed by atoms with Crippen molar-refractivity contribution in [3.63, 3.8) is 0 Å². The van der Waals surface area contributed by atoms with E-state index in [9.17, 15) is 14.4 Å². The van der Waals surface area contributed by atoms with E-state index in [1.165, 1.54) is 13.0 Å². The highest BCUT2D eigenvalue weighted by Crippen LogP contribution is 2.23. The average Bonchev–Trinajstić information content (AvgIpc) is 3.39. The van der Waals surface area contributed by atoms with E-state index in [1.807, 2.05) is 24.5 Å². The van der Waals surface area contributed by atoms with Crippen LogP contribution in [0.1, 0.15) is 44.8 Å². The topological polar surface area (TPSA) is 117 Å². The van der Waals surface area contributed by atoms with Gasteiger partial charge in [-0.25, -0.2) is 4.79 Å². The number of nitrogens with two attached hydrogens (primary N) is 1. The van der Waals surface area contributed by atoms with Gasteiger partial charge in [0, 0.05) is 11.4 Å². The number of aryl methyl sites for hydroxylation is 1. The van der Waals surface area contributed by atoms with Gasteiger partial charge in [0.15, 0.2) is 6.10 Å². The number of furan rings is 1. The molecule has 0 spiro atoms. The number of hydrogen-bond donors (Lipinski definition) is 2. The van der Waals surface area contributed by atoms with Crippen LogP contribution < -0.4 is 11.1 Å². The first kappa shape index (κ1) is 20.4. The van der Waals surface area contributed by atoms with Crippen molar-refractivity contribution in [2.45, 2.75) is 33.4 Å². The van der Waals surface area contributed by atoms with E-state index in [4.69, 9.17) is 14.9 Å². The van der Waals surface area contributed by atoms with E-state index in [0.717, 1.165) is 22.8 Å². The maximum Gasteiger partial charge on any atom is 0.340 e. The maximum atomic E-state index is 12.6. The third-order valence-electron chi connectivity index (χ3n) is 4.51. The predicted molar refractivity (Wildman–Crippen MR) is 108 cm³/mol. The van der Waals surface area contributed by atoms with E-state index >= 15 is 0 Å². The lowest BCUT2D eigenvalue weighted by molar-refractivity contribution is -0.123. The van der Waals surface area contributed by atoms with Crippen molar-refractivity contribution in [3.05, 3.63) is 64.2 Å². The lowest BCUT2D eigenvalue weighted by atomic mass is 10.2. The van der Waals surface area contributed by atoms with Crippen LogP contribution in [-0.4, -0.2) is 28.5 Å². The zero-order chi connectivity index (χ0) is 21.1. The second-order valence-electron chi connectivity index (χ2n) is 6.51. The lowest BCUT2D eigenvalue weighted by Crippen LogP contribution is -2.30. The number of carbonyl (C=O) groups excluding carboxylic acids is 3. The molecule has 1 atom stereocenters. The molecule has 0 aliphatic heterocycles. The van der Waals surface area contributed by atoms with Gasteiger partial charge >= 0.3 is 5.97 Å². The van der Waals surface area contributed by atoms with Crippen LogP contribution in [-0.2, 0) is 16.1 Å². The van der Waals surface area contributed by atoms with Crippen LogP contribution in [0.5, 0.6) is 0 Å². The van der Waals surface area contributed by atoms with Crippen molar-refractivity contribution in [3.8, 4) is 0 Å². The van der Waals surface area contributed by atoms with Gasteiger partial charge in [-0.3, -0.25) is 9.59 Å². The molecule has 0 aliphatic carbocycles. The number of hydrogen-bond acceptors (Lipinski definition) is 6. The molecule has 3 aromatic heterocycles. The number of thiophene rings is 1. The second kappa shape index (κ2) is 8.36. The third kappa shape index (κ3) is 4.40. The Morgan fingerprint density at radius 1 is 1.28 bits per heavy atom. The quantitative estimate of drug-likeness (QED) is 0.575. The first-order valence-corrected chi connectivity index (χ1v) is 9.74. The number of amides is 2. The number of esters is 1. The van der Waals surface area contributed by atoms with Crippen LogP contribution in [0.4, 0.5) is 5.00 Å². The highest BCUT2D eigenvalue weighted by Gasteiger charge is 2.24. The van der Waals surface area contributed by atoms with Gasteiger partial charge in [0.25, 0.3) is 11.8 Å². The molecule has 0 aromatic carbocycles. The van der Waals surface area contributed by atoms with E-state index < -0.39 is 23.9 Å². The summed E-state index contributed by atoms with van der Waals surface area (Å²) in [6.07, 6.45) is 0.536. The summed E-state index contributed by atoms with van der Waals surface area (Å²) in [6, 6.07) is 6.90. The van der Waals surface area contributed by atoms with Gasteiger partial charge in [-0.2, -0.15) is 0 Å². The molecule has 0 aliphatic rings. The summed E-state index contributed by atoms with van der Waals surface area (Å²) < 4.78 is 12.6. The molecule has 29 heavy (non-hydrogen) atoms. The summed E-state index contributed by atoms with van der Waals surface area (Å²) in [7, 11) is 0. The van der Waals surface area contributed by atoms with Crippen LogP contribution in [0.15, 0.2) is 40.3 Å². The van der Waals surface area contributed by atoms with E-state index in [2.05, 4.69) is 5.32 Å². The Kier molecular flexibility index (Phi) is 5.88. The summed E-state index contributed by atoms with van der Waals surface area (Å²) in [5.41, 5.74) is 7.44. The summed E-state index contributed by atoms with van der Waals surface area (Å²) in [5.74, 6) is -1.03. The fraction of sp³-hybridized carbons (Fsp3) is 0.250. The summed E-state index contributed by atoms with van der Waals surface area (Å²) >= 11 is 1.16. The molecule has 8 nitrogen and oxygen atoms in total. The smallest absolute Gasteiger partial charge is 0.340 e. The molecule has 3 rings (SSSR count). The molecule has 2 amide bonds. The Balaban J connectivity index is 1.68. The van der Waals surface area contributed by atoms with Gasteiger partial charge in [0.2, 0.25) is 0 Å². The molecule has 9 heteroatoms. The Morgan fingerprint density at radius 3 is 2.69 bits per heavy atom. The fourth-order valence-corrected chi connectivity index (χ4v) is 3.70. The number of rotatable bonds is 7. The van der Waals surface area contributed by atoms with Gasteiger partial charge < -0.3 is 24.8 Å². The highest BCUT2D eigenvalue weighted by atomic mass is 32.1. The molecule has 0 fully saturated rings. The van der Waals surface area contributed by atoms with Crippen LogP contribution >= 0.6 is 11.3 Å². The molecule has 0 saturated carbocycles. The van der Waals surface area contributed by atoms with Crippen molar-refractivity contribution in [2.75, 3.05) is 5.32 Å². The zero-order valence-corrected chi connectivity index (χ0v) is 17.0. The molecule has 0 saturated heterocycles. The minimum absolute atomic E-state index is 0.211. The van der Waals surface area contributed by atoms with E-state index in [0.29, 0.717) is 22.8 Å².